The van der Waals surface area contributed by atoms with Gasteiger partial charge in [-0.3, -0.25) is 0 Å². The fraction of sp³-hybridized carbons (Fsp3) is 1.00. The third-order valence-corrected chi connectivity index (χ3v) is 1.22. The largest absolute Gasteiger partial charge is 0.382 e. The molecule has 0 N–H and O–H groups in total. The summed E-state index contributed by atoms with van der Waals surface area (Å²) in [5.41, 5.74) is 0. The molecule has 13 heavy (non-hydrogen) atoms. The molecule has 0 saturated heterocycles. The van der Waals surface area contributed by atoms with Crippen molar-refractivity contribution < 1.29 is 4.74 Å². The van der Waals surface area contributed by atoms with Gasteiger partial charge in [-0.15, -0.1) is 0 Å². The van der Waals surface area contributed by atoms with Crippen LogP contribution in [0.25, 0.3) is 0 Å². The van der Waals surface area contributed by atoms with Gasteiger partial charge in [-0.25, -0.2) is 0 Å². The normalized spacial score (nSPS) is 8.31. The Bertz CT molecular complexity index is 49.1. The Kier molecular flexibility index (Phi) is 32.6. The van der Waals surface area contributed by atoms with Crippen LogP contribution < -0.4 is 0 Å². The number of rotatable bonds is 3. The highest BCUT2D eigenvalue weighted by Crippen LogP contribution is 1.93. The fourth-order valence-electron chi connectivity index (χ4n) is 0.204. The molecular formula is C12H30O. The van der Waals surface area contributed by atoms with E-state index < -0.39 is 0 Å². The van der Waals surface area contributed by atoms with E-state index >= 15 is 0 Å². The van der Waals surface area contributed by atoms with Crippen LogP contribution in [-0.4, -0.2) is 13.2 Å². The summed E-state index contributed by atoms with van der Waals surface area (Å²) < 4.78 is 4.83. The molecule has 0 aliphatic rings. The molecule has 0 aromatic rings. The van der Waals surface area contributed by atoms with Crippen molar-refractivity contribution in [2.45, 2.75) is 61.3 Å². The minimum absolute atomic E-state index is 0.844. The van der Waals surface area contributed by atoms with Crippen LogP contribution >= 0.6 is 0 Å². The molecule has 0 atom stereocenters. The number of hydrogen-bond donors (Lipinski definition) is 0. The second-order valence-corrected chi connectivity index (χ2v) is 3.29. The topological polar surface area (TPSA) is 9.23 Å². The molecular weight excluding hydrogens is 160 g/mol. The summed E-state index contributed by atoms with van der Waals surface area (Å²) in [6.45, 7) is 16.6. The van der Waals surface area contributed by atoms with Crippen molar-refractivity contribution in [2.24, 2.45) is 5.92 Å². The van der Waals surface area contributed by atoms with Crippen molar-refractivity contribution in [1.29, 1.82) is 0 Å². The molecule has 0 aromatic carbocycles. The standard InChI is InChI=1S/C5H12.C4H10O.C3H8/c1-4-5(2)3;1-3-5-4-2;1-3-2/h5H,4H2,1-3H3;3-4H2,1-2H3;3H2,1-2H3. The highest BCUT2D eigenvalue weighted by Gasteiger charge is 1.80. The summed E-state index contributed by atoms with van der Waals surface area (Å²) in [7, 11) is 0. The van der Waals surface area contributed by atoms with Gasteiger partial charge in [0.1, 0.15) is 0 Å². The van der Waals surface area contributed by atoms with Crippen LogP contribution in [0.3, 0.4) is 0 Å². The molecule has 0 aromatic heterocycles. The molecule has 84 valence electrons. The molecule has 0 fully saturated rings. The quantitative estimate of drug-likeness (QED) is 0.636. The van der Waals surface area contributed by atoms with Crippen molar-refractivity contribution in [3.63, 3.8) is 0 Å². The van der Waals surface area contributed by atoms with Crippen molar-refractivity contribution in [2.75, 3.05) is 13.2 Å². The fourth-order valence-corrected chi connectivity index (χ4v) is 0.204. The second kappa shape index (κ2) is 22.7. The molecule has 0 bridgehead atoms. The molecule has 1 heteroatoms. The summed E-state index contributed by atoms with van der Waals surface area (Å²) in [4.78, 5) is 0. The minimum atomic E-state index is 0.844. The predicted molar refractivity (Wildman–Crippen MR) is 63.3 cm³/mol. The number of ether oxygens (including phenoxy) is 1. The van der Waals surface area contributed by atoms with Crippen molar-refractivity contribution in [3.05, 3.63) is 0 Å². The van der Waals surface area contributed by atoms with Crippen LogP contribution in [-0.2, 0) is 4.74 Å². The molecule has 1 nitrogen and oxygen atoms in total. The van der Waals surface area contributed by atoms with E-state index in [0.29, 0.717) is 0 Å². The molecule has 0 rings (SSSR count). The highest BCUT2D eigenvalue weighted by molar-refractivity contribution is 4.32. The first-order valence-corrected chi connectivity index (χ1v) is 5.68. The van der Waals surface area contributed by atoms with Gasteiger partial charge in [0.2, 0.25) is 0 Å². The lowest BCUT2D eigenvalue weighted by Crippen LogP contribution is -1.84. The monoisotopic (exact) mass is 190 g/mol. The third-order valence-electron chi connectivity index (χ3n) is 1.22. The third kappa shape index (κ3) is 75.7. The Morgan fingerprint density at radius 3 is 1.08 bits per heavy atom. The van der Waals surface area contributed by atoms with E-state index in [9.17, 15) is 0 Å². The summed E-state index contributed by atoms with van der Waals surface area (Å²) in [6, 6.07) is 0. The SMILES string of the molecule is CCC.CCC(C)C.CCOCC. The van der Waals surface area contributed by atoms with Crippen LogP contribution in [0.5, 0.6) is 0 Å². The van der Waals surface area contributed by atoms with Gasteiger partial charge < -0.3 is 4.74 Å². The number of hydrogen-bond acceptors (Lipinski definition) is 1. The van der Waals surface area contributed by atoms with Crippen LogP contribution in [0.2, 0.25) is 0 Å². The Hall–Kier alpha value is -0.0400. The van der Waals surface area contributed by atoms with Gasteiger partial charge in [0.05, 0.1) is 0 Å². The molecule has 0 unspecified atom stereocenters. The molecule has 0 saturated carbocycles. The average molecular weight is 190 g/mol. The van der Waals surface area contributed by atoms with E-state index in [-0.39, 0.29) is 0 Å². The lowest BCUT2D eigenvalue weighted by Gasteiger charge is -1.90. The van der Waals surface area contributed by atoms with Crippen molar-refractivity contribution in [3.8, 4) is 0 Å². The Labute approximate surface area is 85.9 Å². The van der Waals surface area contributed by atoms with Gasteiger partial charge in [0.15, 0.2) is 0 Å². The molecule has 0 aliphatic heterocycles. The van der Waals surface area contributed by atoms with Crippen LogP contribution in [0.15, 0.2) is 0 Å². The van der Waals surface area contributed by atoms with E-state index in [1.807, 2.05) is 13.8 Å². The first-order chi connectivity index (χ1) is 6.10. The van der Waals surface area contributed by atoms with Gasteiger partial charge in [0, 0.05) is 13.2 Å². The molecule has 0 radical (unpaired) electrons. The minimum Gasteiger partial charge on any atom is -0.382 e. The first-order valence-electron chi connectivity index (χ1n) is 5.68. The van der Waals surface area contributed by atoms with Gasteiger partial charge in [-0.2, -0.15) is 0 Å². The lowest BCUT2D eigenvalue weighted by atomic mass is 10.2. The zero-order chi connectivity index (χ0) is 11.1. The van der Waals surface area contributed by atoms with E-state index in [2.05, 4.69) is 34.6 Å². The maximum absolute atomic E-state index is 4.83. The Morgan fingerprint density at radius 1 is 0.846 bits per heavy atom. The first kappa shape index (κ1) is 18.7. The smallest absolute Gasteiger partial charge is 0.0437 e. The average Bonchev–Trinajstić information content (AvgIpc) is 2.08. The lowest BCUT2D eigenvalue weighted by molar-refractivity contribution is 0.162. The van der Waals surface area contributed by atoms with Crippen molar-refractivity contribution in [1.82, 2.24) is 0 Å². The highest BCUT2D eigenvalue weighted by atomic mass is 16.5. The zero-order valence-electron chi connectivity index (χ0n) is 10.8. The van der Waals surface area contributed by atoms with E-state index in [0.717, 1.165) is 19.1 Å². The van der Waals surface area contributed by atoms with Crippen molar-refractivity contribution >= 4 is 0 Å². The Balaban J connectivity index is -0.000000120. The van der Waals surface area contributed by atoms with E-state index in [1.165, 1.54) is 12.8 Å². The van der Waals surface area contributed by atoms with Crippen LogP contribution in [0, 0.1) is 5.92 Å². The zero-order valence-corrected chi connectivity index (χ0v) is 10.8. The molecule has 0 amide bonds. The van der Waals surface area contributed by atoms with E-state index in [1.54, 1.807) is 0 Å². The second-order valence-electron chi connectivity index (χ2n) is 3.29. The van der Waals surface area contributed by atoms with E-state index in [4.69, 9.17) is 4.74 Å². The van der Waals surface area contributed by atoms with Gasteiger partial charge in [0.25, 0.3) is 0 Å². The van der Waals surface area contributed by atoms with Crippen LogP contribution in [0.4, 0.5) is 0 Å². The van der Waals surface area contributed by atoms with Gasteiger partial charge in [-0.1, -0.05) is 47.5 Å². The summed E-state index contributed by atoms with van der Waals surface area (Å²) >= 11 is 0. The van der Waals surface area contributed by atoms with Crippen LogP contribution in [0.1, 0.15) is 61.3 Å². The van der Waals surface area contributed by atoms with Gasteiger partial charge in [-0.05, 0) is 19.8 Å². The molecule has 0 spiro atoms. The maximum Gasteiger partial charge on any atom is 0.0437 e. The maximum atomic E-state index is 4.83. The summed E-state index contributed by atoms with van der Waals surface area (Å²) in [5, 5.41) is 0. The molecule has 0 aliphatic carbocycles. The Morgan fingerprint density at radius 2 is 1.08 bits per heavy atom. The summed E-state index contributed by atoms with van der Waals surface area (Å²) in [5.74, 6) is 0.884. The predicted octanol–water partition coefficient (Wildman–Crippen LogP) is 4.51. The summed E-state index contributed by atoms with van der Waals surface area (Å²) in [6.07, 6.45) is 2.56. The molecule has 0 heterocycles. The van der Waals surface area contributed by atoms with Gasteiger partial charge >= 0.3 is 0 Å².